The molecule has 3 heterocycles. The van der Waals surface area contributed by atoms with Crippen molar-refractivity contribution in [2.24, 2.45) is 17.3 Å². The van der Waals surface area contributed by atoms with Gasteiger partial charge in [0.25, 0.3) is 0 Å². The first-order chi connectivity index (χ1) is 13.4. The van der Waals surface area contributed by atoms with E-state index in [2.05, 4.69) is 29.5 Å². The summed E-state index contributed by atoms with van der Waals surface area (Å²) in [5, 5.41) is 6.58. The first-order valence-electron chi connectivity index (χ1n) is 9.95. The van der Waals surface area contributed by atoms with Gasteiger partial charge >= 0.3 is 6.03 Å². The van der Waals surface area contributed by atoms with Gasteiger partial charge in [-0.25, -0.2) is 9.78 Å². The van der Waals surface area contributed by atoms with Crippen LogP contribution in [0.2, 0.25) is 5.02 Å². The van der Waals surface area contributed by atoms with Gasteiger partial charge in [-0.1, -0.05) is 25.4 Å². The molecule has 3 atom stereocenters. The molecule has 0 aromatic carbocycles. The second-order valence-electron chi connectivity index (χ2n) is 8.60. The normalized spacial score (nSPS) is 29.0. The summed E-state index contributed by atoms with van der Waals surface area (Å²) in [6.07, 6.45) is 4.08. The Labute approximate surface area is 170 Å². The highest BCUT2D eigenvalue weighted by Crippen LogP contribution is 2.52. The van der Waals surface area contributed by atoms with E-state index in [9.17, 15) is 9.59 Å². The lowest BCUT2D eigenvalue weighted by Crippen LogP contribution is -2.68. The quantitative estimate of drug-likeness (QED) is 0.808. The van der Waals surface area contributed by atoms with Crippen molar-refractivity contribution in [3.8, 4) is 0 Å². The third kappa shape index (κ3) is 3.57. The number of likely N-dealkylation sites (tertiary alicyclic amines) is 1. The van der Waals surface area contributed by atoms with Crippen LogP contribution >= 0.6 is 11.6 Å². The van der Waals surface area contributed by atoms with Crippen LogP contribution in [-0.2, 0) is 9.53 Å². The number of urea groups is 1. The topological polar surface area (TPSA) is 83.6 Å². The molecule has 0 radical (unpaired) electrons. The van der Waals surface area contributed by atoms with Crippen molar-refractivity contribution in [3.63, 3.8) is 0 Å². The minimum Gasteiger partial charge on any atom is -0.377 e. The van der Waals surface area contributed by atoms with Crippen LogP contribution in [-0.4, -0.2) is 53.7 Å². The Morgan fingerprint density at radius 2 is 2.00 bits per heavy atom. The Kier molecular flexibility index (Phi) is 5.22. The molecule has 1 aromatic heterocycles. The monoisotopic (exact) mass is 406 g/mol. The molecule has 152 valence electrons. The van der Waals surface area contributed by atoms with E-state index in [0.717, 1.165) is 13.0 Å². The van der Waals surface area contributed by atoms with Crippen LogP contribution in [0.5, 0.6) is 0 Å². The predicted molar refractivity (Wildman–Crippen MR) is 106 cm³/mol. The minimum absolute atomic E-state index is 0.0262. The summed E-state index contributed by atoms with van der Waals surface area (Å²) in [4.78, 5) is 31.1. The number of nitrogens with one attached hydrogen (secondary N) is 2. The minimum atomic E-state index is -0.116. The summed E-state index contributed by atoms with van der Waals surface area (Å²) in [6, 6.07) is 3.51. The Morgan fingerprint density at radius 1 is 1.25 bits per heavy atom. The number of anilines is 1. The summed E-state index contributed by atoms with van der Waals surface area (Å²) in [5.41, 5.74) is -0.0272. The molecule has 4 rings (SSSR count). The molecule has 8 heteroatoms. The maximum atomic E-state index is 12.7. The number of nitrogens with zero attached hydrogens (tertiary/aromatic N) is 2. The Morgan fingerprint density at radius 3 is 2.68 bits per heavy atom. The SMILES string of the molecule is CC1(C)[C@H](NC(=O)N2CCC(C(=O)Nc3ccc(Cl)cn3)CC2)[C@H]2CCO[C@H]21. The van der Waals surface area contributed by atoms with Gasteiger partial charge in [0.05, 0.1) is 11.1 Å². The molecule has 1 saturated carbocycles. The van der Waals surface area contributed by atoms with Crippen molar-refractivity contribution >= 4 is 29.4 Å². The average molecular weight is 407 g/mol. The van der Waals surface area contributed by atoms with E-state index >= 15 is 0 Å². The fourth-order valence-corrected chi connectivity index (χ4v) is 4.98. The smallest absolute Gasteiger partial charge is 0.317 e. The van der Waals surface area contributed by atoms with Gasteiger partial charge in [-0.2, -0.15) is 0 Å². The van der Waals surface area contributed by atoms with Crippen LogP contribution in [0.3, 0.4) is 0 Å². The van der Waals surface area contributed by atoms with Crippen molar-refractivity contribution in [2.45, 2.75) is 45.3 Å². The molecule has 2 N–H and O–H groups in total. The highest BCUT2D eigenvalue weighted by Gasteiger charge is 2.60. The first kappa shape index (κ1) is 19.5. The van der Waals surface area contributed by atoms with Crippen LogP contribution in [0.4, 0.5) is 10.6 Å². The summed E-state index contributed by atoms with van der Waals surface area (Å²) in [7, 11) is 0. The summed E-state index contributed by atoms with van der Waals surface area (Å²) in [5.74, 6) is 0.750. The molecule has 2 saturated heterocycles. The van der Waals surface area contributed by atoms with Crippen LogP contribution in [0, 0.1) is 17.3 Å². The van der Waals surface area contributed by atoms with Gasteiger partial charge in [0.2, 0.25) is 5.91 Å². The molecule has 0 bridgehead atoms. The standard InChI is InChI=1S/C20H27ClN4O3/c1-20(2)16(14-7-10-28-17(14)20)24-19(27)25-8-5-12(6-9-25)18(26)23-15-4-3-13(21)11-22-15/h3-4,11-12,14,16-17H,5-10H2,1-2H3,(H,24,27)(H,22,23,26)/t14-,16-,17-/m1/s1. The van der Waals surface area contributed by atoms with Gasteiger partial charge in [-0.3, -0.25) is 4.79 Å². The van der Waals surface area contributed by atoms with E-state index in [1.165, 1.54) is 6.20 Å². The van der Waals surface area contributed by atoms with Crippen molar-refractivity contribution in [3.05, 3.63) is 23.4 Å². The number of hydrogen-bond donors (Lipinski definition) is 2. The molecule has 2 aliphatic heterocycles. The number of carbonyl (C=O) groups is 2. The number of hydrogen-bond acceptors (Lipinski definition) is 4. The molecule has 1 aliphatic carbocycles. The molecule has 1 aromatic rings. The van der Waals surface area contributed by atoms with Crippen LogP contribution in [0.15, 0.2) is 18.3 Å². The van der Waals surface area contributed by atoms with E-state index in [1.807, 2.05) is 4.90 Å². The highest BCUT2D eigenvalue weighted by atomic mass is 35.5. The molecule has 0 unspecified atom stereocenters. The van der Waals surface area contributed by atoms with Gasteiger partial charge in [-0.15, -0.1) is 0 Å². The lowest BCUT2D eigenvalue weighted by Gasteiger charge is -2.54. The summed E-state index contributed by atoms with van der Waals surface area (Å²) >= 11 is 5.81. The lowest BCUT2D eigenvalue weighted by molar-refractivity contribution is -0.121. The number of rotatable bonds is 3. The van der Waals surface area contributed by atoms with Gasteiger partial charge < -0.3 is 20.3 Å². The van der Waals surface area contributed by atoms with Crippen LogP contribution in [0.25, 0.3) is 0 Å². The number of fused-ring (bicyclic) bond motifs is 1. The fourth-order valence-electron chi connectivity index (χ4n) is 4.86. The van der Waals surface area contributed by atoms with E-state index < -0.39 is 0 Å². The van der Waals surface area contributed by atoms with E-state index in [0.29, 0.717) is 42.7 Å². The number of ether oxygens (including phenoxy) is 1. The number of halogens is 1. The Hall–Kier alpha value is -1.86. The molecule has 7 nitrogen and oxygen atoms in total. The summed E-state index contributed by atoms with van der Waals surface area (Å²) in [6.45, 7) is 6.26. The number of piperidine rings is 1. The molecular weight excluding hydrogens is 380 g/mol. The maximum absolute atomic E-state index is 12.7. The van der Waals surface area contributed by atoms with Crippen LogP contribution < -0.4 is 10.6 Å². The molecular formula is C20H27ClN4O3. The Bertz CT molecular complexity index is 746. The molecule has 3 aliphatic rings. The second-order valence-corrected chi connectivity index (χ2v) is 9.04. The van der Waals surface area contributed by atoms with Crippen LogP contribution in [0.1, 0.15) is 33.1 Å². The first-order valence-corrected chi connectivity index (χ1v) is 10.3. The maximum Gasteiger partial charge on any atom is 0.317 e. The van der Waals surface area contributed by atoms with Crippen molar-refractivity contribution in [1.29, 1.82) is 0 Å². The lowest BCUT2D eigenvalue weighted by atomic mass is 9.57. The largest absolute Gasteiger partial charge is 0.377 e. The second kappa shape index (κ2) is 7.52. The third-order valence-corrected chi connectivity index (χ3v) is 6.73. The number of aromatic nitrogens is 1. The van der Waals surface area contributed by atoms with Crippen molar-refractivity contribution in [2.75, 3.05) is 25.0 Å². The average Bonchev–Trinajstić information content (AvgIpc) is 3.15. The number of carbonyl (C=O) groups excluding carboxylic acids is 2. The van der Waals surface area contributed by atoms with Gasteiger partial charge in [0.15, 0.2) is 0 Å². The zero-order chi connectivity index (χ0) is 19.9. The number of pyridine rings is 1. The van der Waals surface area contributed by atoms with Gasteiger partial charge in [0, 0.05) is 49.2 Å². The predicted octanol–water partition coefficient (Wildman–Crippen LogP) is 2.91. The van der Waals surface area contributed by atoms with Gasteiger partial charge in [0.1, 0.15) is 5.82 Å². The molecule has 3 amide bonds. The van der Waals surface area contributed by atoms with E-state index in [4.69, 9.17) is 16.3 Å². The number of amides is 3. The fraction of sp³-hybridized carbons (Fsp3) is 0.650. The van der Waals surface area contributed by atoms with Crippen molar-refractivity contribution in [1.82, 2.24) is 15.2 Å². The molecule has 0 spiro atoms. The highest BCUT2D eigenvalue weighted by molar-refractivity contribution is 6.30. The third-order valence-electron chi connectivity index (χ3n) is 6.51. The zero-order valence-corrected chi connectivity index (χ0v) is 17.0. The zero-order valence-electron chi connectivity index (χ0n) is 16.3. The van der Waals surface area contributed by atoms with Gasteiger partial charge in [-0.05, 0) is 31.4 Å². The Balaban J connectivity index is 1.26. The van der Waals surface area contributed by atoms with E-state index in [1.54, 1.807) is 12.1 Å². The van der Waals surface area contributed by atoms with E-state index in [-0.39, 0.29) is 35.4 Å². The molecule has 3 fully saturated rings. The molecule has 28 heavy (non-hydrogen) atoms. The summed E-state index contributed by atoms with van der Waals surface area (Å²) < 4.78 is 5.80. The van der Waals surface area contributed by atoms with Crippen molar-refractivity contribution < 1.29 is 14.3 Å².